The normalized spacial score (nSPS) is 27.7. The van der Waals surface area contributed by atoms with Gasteiger partial charge in [0, 0.05) is 13.1 Å². The third kappa shape index (κ3) is 3.39. The van der Waals surface area contributed by atoms with Crippen molar-refractivity contribution in [2.24, 2.45) is 5.41 Å². The number of hydrogen-bond acceptors (Lipinski definition) is 2. The van der Waals surface area contributed by atoms with E-state index >= 15 is 0 Å². The first kappa shape index (κ1) is 15.6. The first-order chi connectivity index (χ1) is 9.89. The van der Waals surface area contributed by atoms with Crippen molar-refractivity contribution in [2.75, 3.05) is 13.1 Å². The Morgan fingerprint density at radius 2 is 1.81 bits per heavy atom. The summed E-state index contributed by atoms with van der Waals surface area (Å²) in [5.41, 5.74) is 1.55. The Labute approximate surface area is 137 Å². The lowest BCUT2D eigenvalue weighted by Crippen LogP contribution is -2.53. The van der Waals surface area contributed by atoms with Crippen LogP contribution < -0.4 is 5.32 Å². The molecule has 4 heteroatoms. The summed E-state index contributed by atoms with van der Waals surface area (Å²) in [6.07, 6.45) is 4.77. The second-order valence-corrected chi connectivity index (χ2v) is 8.07. The smallest absolute Gasteiger partial charge is 0.0957 e. The average Bonchev–Trinajstić information content (AvgIpc) is 2.46. The molecule has 116 valence electrons. The lowest BCUT2D eigenvalue weighted by Gasteiger charge is -2.48. The molecule has 1 spiro atoms. The zero-order valence-electron chi connectivity index (χ0n) is 12.7. The second kappa shape index (κ2) is 5.73. The number of rotatable bonds is 1. The zero-order valence-corrected chi connectivity index (χ0v) is 14.2. The van der Waals surface area contributed by atoms with Gasteiger partial charge >= 0.3 is 0 Å². The van der Waals surface area contributed by atoms with Gasteiger partial charge in [-0.2, -0.15) is 0 Å². The van der Waals surface area contributed by atoms with Crippen molar-refractivity contribution in [3.63, 3.8) is 0 Å². The topological polar surface area (TPSA) is 21.3 Å². The lowest BCUT2D eigenvalue weighted by molar-refractivity contribution is -0.147. The molecule has 1 aliphatic heterocycles. The Balaban J connectivity index is 1.75. The van der Waals surface area contributed by atoms with Crippen LogP contribution in [0, 0.1) is 5.41 Å². The predicted octanol–water partition coefficient (Wildman–Crippen LogP) is 4.99. The highest BCUT2D eigenvalue weighted by Crippen LogP contribution is 2.45. The van der Waals surface area contributed by atoms with E-state index in [9.17, 15) is 0 Å². The number of ether oxygens (including phenoxy) is 1. The molecule has 1 heterocycles. The molecule has 1 aromatic carbocycles. The molecule has 1 aromatic rings. The first-order valence-electron chi connectivity index (χ1n) is 7.73. The number of morpholine rings is 1. The van der Waals surface area contributed by atoms with E-state index in [2.05, 4.69) is 19.2 Å². The maximum atomic E-state index is 6.52. The highest BCUT2D eigenvalue weighted by atomic mass is 35.5. The van der Waals surface area contributed by atoms with E-state index in [1.807, 2.05) is 18.2 Å². The Kier molecular flexibility index (Phi) is 4.26. The highest BCUT2D eigenvalue weighted by Gasteiger charge is 2.42. The summed E-state index contributed by atoms with van der Waals surface area (Å²) in [5.74, 6) is 0. The molecule has 1 atom stereocenters. The Bertz CT molecular complexity index is 520. The molecule has 0 amide bonds. The molecule has 0 radical (unpaired) electrons. The van der Waals surface area contributed by atoms with E-state index in [0.717, 1.165) is 31.5 Å². The number of benzene rings is 1. The van der Waals surface area contributed by atoms with Crippen LogP contribution in [0.25, 0.3) is 0 Å². The van der Waals surface area contributed by atoms with Gasteiger partial charge in [-0.15, -0.1) is 0 Å². The minimum atomic E-state index is -0.00938. The Morgan fingerprint density at radius 3 is 2.48 bits per heavy atom. The van der Waals surface area contributed by atoms with Crippen LogP contribution in [-0.4, -0.2) is 18.7 Å². The van der Waals surface area contributed by atoms with Crippen molar-refractivity contribution in [1.82, 2.24) is 5.32 Å². The van der Waals surface area contributed by atoms with Gasteiger partial charge in [-0.25, -0.2) is 0 Å². The van der Waals surface area contributed by atoms with Crippen LogP contribution in [-0.2, 0) is 4.74 Å². The van der Waals surface area contributed by atoms with Crippen LogP contribution in [0.3, 0.4) is 0 Å². The van der Waals surface area contributed by atoms with E-state index in [-0.39, 0.29) is 11.7 Å². The lowest BCUT2D eigenvalue weighted by atomic mass is 9.70. The van der Waals surface area contributed by atoms with Crippen molar-refractivity contribution < 1.29 is 4.74 Å². The average molecular weight is 328 g/mol. The van der Waals surface area contributed by atoms with Crippen molar-refractivity contribution in [1.29, 1.82) is 0 Å². The summed E-state index contributed by atoms with van der Waals surface area (Å²) in [4.78, 5) is 0. The van der Waals surface area contributed by atoms with Gasteiger partial charge in [0.2, 0.25) is 0 Å². The van der Waals surface area contributed by atoms with Gasteiger partial charge in [0.15, 0.2) is 0 Å². The minimum Gasteiger partial charge on any atom is -0.364 e. The van der Waals surface area contributed by atoms with Gasteiger partial charge in [0.1, 0.15) is 0 Å². The molecular formula is C17H23Cl2NO. The summed E-state index contributed by atoms with van der Waals surface area (Å²) in [6, 6.07) is 5.81. The van der Waals surface area contributed by atoms with Gasteiger partial charge in [0.25, 0.3) is 0 Å². The van der Waals surface area contributed by atoms with Gasteiger partial charge < -0.3 is 10.1 Å². The zero-order chi connectivity index (χ0) is 15.1. The monoisotopic (exact) mass is 327 g/mol. The molecule has 0 bridgehead atoms. The summed E-state index contributed by atoms with van der Waals surface area (Å²) in [6.45, 7) is 6.50. The molecule has 1 saturated carbocycles. The van der Waals surface area contributed by atoms with E-state index in [1.165, 1.54) is 12.8 Å². The second-order valence-electron chi connectivity index (χ2n) is 7.26. The third-order valence-corrected chi connectivity index (χ3v) is 5.74. The summed E-state index contributed by atoms with van der Waals surface area (Å²) < 4.78 is 6.52. The standard InChI is InChI=1S/C17H23Cl2NO/c1-16(2)5-7-17(8-6-16)11-20-10-15(21-17)12-3-4-13(18)14(19)9-12/h3-4,9,15,20H,5-8,10-11H2,1-2H3. The summed E-state index contributed by atoms with van der Waals surface area (Å²) in [7, 11) is 0. The Hall–Kier alpha value is -0.280. The predicted molar refractivity (Wildman–Crippen MR) is 88.1 cm³/mol. The van der Waals surface area contributed by atoms with Crippen LogP contribution in [0.1, 0.15) is 51.2 Å². The fourth-order valence-corrected chi connectivity index (χ4v) is 3.70. The number of nitrogens with one attached hydrogen (secondary N) is 1. The fraction of sp³-hybridized carbons (Fsp3) is 0.647. The molecule has 2 aliphatic rings. The van der Waals surface area contributed by atoms with Gasteiger partial charge in [-0.05, 0) is 48.8 Å². The van der Waals surface area contributed by atoms with Crippen molar-refractivity contribution in [3.05, 3.63) is 33.8 Å². The fourth-order valence-electron chi connectivity index (χ4n) is 3.39. The van der Waals surface area contributed by atoms with Gasteiger partial charge in [-0.3, -0.25) is 0 Å². The molecule has 0 aromatic heterocycles. The largest absolute Gasteiger partial charge is 0.364 e. The maximum Gasteiger partial charge on any atom is 0.0957 e. The van der Waals surface area contributed by atoms with Crippen LogP contribution in [0.4, 0.5) is 0 Å². The van der Waals surface area contributed by atoms with Crippen LogP contribution >= 0.6 is 23.2 Å². The molecule has 21 heavy (non-hydrogen) atoms. The van der Waals surface area contributed by atoms with Crippen molar-refractivity contribution in [2.45, 2.75) is 51.2 Å². The SMILES string of the molecule is CC1(C)CCC2(CC1)CNCC(c1ccc(Cl)c(Cl)c1)O2. The highest BCUT2D eigenvalue weighted by molar-refractivity contribution is 6.42. The molecule has 2 fully saturated rings. The molecule has 1 aliphatic carbocycles. The van der Waals surface area contributed by atoms with E-state index in [4.69, 9.17) is 27.9 Å². The van der Waals surface area contributed by atoms with Crippen LogP contribution in [0.2, 0.25) is 10.0 Å². The molecule has 1 saturated heterocycles. The summed E-state index contributed by atoms with van der Waals surface area (Å²) in [5, 5.41) is 4.75. The van der Waals surface area contributed by atoms with E-state index in [1.54, 1.807) is 0 Å². The molecule has 2 nitrogen and oxygen atoms in total. The maximum absolute atomic E-state index is 6.52. The first-order valence-corrected chi connectivity index (χ1v) is 8.48. The van der Waals surface area contributed by atoms with Gasteiger partial charge in [-0.1, -0.05) is 43.1 Å². The van der Waals surface area contributed by atoms with E-state index in [0.29, 0.717) is 15.5 Å². The quantitative estimate of drug-likeness (QED) is 0.784. The number of halogens is 2. The molecule has 1 unspecified atom stereocenters. The number of hydrogen-bond donors (Lipinski definition) is 1. The van der Waals surface area contributed by atoms with Crippen LogP contribution in [0.15, 0.2) is 18.2 Å². The van der Waals surface area contributed by atoms with Crippen molar-refractivity contribution in [3.8, 4) is 0 Å². The molecular weight excluding hydrogens is 305 g/mol. The molecule has 3 rings (SSSR count). The van der Waals surface area contributed by atoms with E-state index < -0.39 is 0 Å². The Morgan fingerprint density at radius 1 is 1.10 bits per heavy atom. The van der Waals surface area contributed by atoms with Gasteiger partial charge in [0.05, 0.1) is 21.8 Å². The summed E-state index contributed by atoms with van der Waals surface area (Å²) >= 11 is 12.1. The van der Waals surface area contributed by atoms with Crippen LogP contribution in [0.5, 0.6) is 0 Å². The third-order valence-electron chi connectivity index (χ3n) is 5.00. The molecule has 1 N–H and O–H groups in total. The minimum absolute atomic E-state index is 0.00938. The van der Waals surface area contributed by atoms with Crippen molar-refractivity contribution >= 4 is 23.2 Å².